The van der Waals surface area contributed by atoms with Gasteiger partial charge in [0.25, 0.3) is 0 Å². The number of rotatable bonds is 4. The van der Waals surface area contributed by atoms with Crippen LogP contribution >= 0.6 is 11.3 Å². The Morgan fingerprint density at radius 2 is 2.25 bits per heavy atom. The van der Waals surface area contributed by atoms with Crippen molar-refractivity contribution in [2.24, 2.45) is 0 Å². The van der Waals surface area contributed by atoms with Crippen LogP contribution in [0.15, 0.2) is 6.07 Å². The number of carbonyl (C=O) groups excluding carboxylic acids is 1. The minimum Gasteiger partial charge on any atom is -0.355 e. The van der Waals surface area contributed by atoms with E-state index in [1.165, 1.54) is 24.3 Å². The van der Waals surface area contributed by atoms with Gasteiger partial charge in [0.2, 0.25) is 0 Å². The van der Waals surface area contributed by atoms with Crippen molar-refractivity contribution in [3.05, 3.63) is 21.1 Å². The van der Waals surface area contributed by atoms with Crippen LogP contribution in [0, 0.1) is 10.1 Å². The first-order chi connectivity index (χ1) is 9.43. The summed E-state index contributed by atoms with van der Waals surface area (Å²) in [6.07, 6.45) is 1.01. The summed E-state index contributed by atoms with van der Waals surface area (Å²) in [7, 11) is 2.08. The fourth-order valence-electron chi connectivity index (χ4n) is 2.47. The number of piperazine rings is 1. The molecule has 0 spiro atoms. The van der Waals surface area contributed by atoms with Crippen LogP contribution in [0.3, 0.4) is 0 Å². The van der Waals surface area contributed by atoms with Crippen molar-refractivity contribution in [2.45, 2.75) is 26.3 Å². The van der Waals surface area contributed by atoms with Crippen LogP contribution in [-0.4, -0.2) is 48.3 Å². The molecule has 2 rings (SSSR count). The highest BCUT2D eigenvalue weighted by Gasteiger charge is 2.30. The number of hydrogen-bond donors (Lipinski definition) is 0. The number of nitrogens with zero attached hydrogens (tertiary/aromatic N) is 3. The molecule has 1 aliphatic heterocycles. The van der Waals surface area contributed by atoms with E-state index in [4.69, 9.17) is 0 Å². The number of anilines is 1. The van der Waals surface area contributed by atoms with Crippen molar-refractivity contribution in [1.29, 1.82) is 0 Å². The van der Waals surface area contributed by atoms with Gasteiger partial charge in [-0.1, -0.05) is 6.92 Å². The molecule has 1 fully saturated rings. The summed E-state index contributed by atoms with van der Waals surface area (Å²) < 4.78 is 0. The van der Waals surface area contributed by atoms with Crippen molar-refractivity contribution in [3.63, 3.8) is 0 Å². The first kappa shape index (κ1) is 14.9. The second-order valence-electron chi connectivity index (χ2n) is 5.10. The largest absolute Gasteiger partial charge is 0.355 e. The predicted molar refractivity (Wildman–Crippen MR) is 79.9 cm³/mol. The van der Waals surface area contributed by atoms with E-state index in [1.807, 2.05) is 4.90 Å². The smallest absolute Gasteiger partial charge is 0.304 e. The third kappa shape index (κ3) is 2.83. The molecule has 2 heterocycles. The molecule has 0 bridgehead atoms. The topological polar surface area (TPSA) is 66.7 Å². The number of Topliss-reactive ketones (excluding diaryl/α,β-unsaturated/α-hetero) is 1. The number of hydrogen-bond acceptors (Lipinski definition) is 6. The molecule has 7 heteroatoms. The average molecular weight is 297 g/mol. The molecule has 110 valence electrons. The van der Waals surface area contributed by atoms with Crippen LogP contribution < -0.4 is 4.90 Å². The van der Waals surface area contributed by atoms with Crippen LogP contribution in [0.4, 0.5) is 10.7 Å². The molecular weight excluding hydrogens is 278 g/mol. The van der Waals surface area contributed by atoms with Gasteiger partial charge in [-0.2, -0.15) is 0 Å². The van der Waals surface area contributed by atoms with E-state index in [9.17, 15) is 14.9 Å². The number of carbonyl (C=O) groups is 1. The number of nitro groups is 1. The van der Waals surface area contributed by atoms with E-state index in [-0.39, 0.29) is 11.5 Å². The van der Waals surface area contributed by atoms with Gasteiger partial charge in [-0.15, -0.1) is 11.3 Å². The molecule has 0 amide bonds. The van der Waals surface area contributed by atoms with E-state index in [1.54, 1.807) is 0 Å². The molecule has 0 radical (unpaired) electrons. The van der Waals surface area contributed by atoms with Crippen molar-refractivity contribution in [1.82, 2.24) is 4.90 Å². The molecule has 1 saturated heterocycles. The summed E-state index contributed by atoms with van der Waals surface area (Å²) in [6, 6.07) is 1.80. The molecule has 1 aromatic rings. The first-order valence-corrected chi connectivity index (χ1v) is 7.50. The highest BCUT2D eigenvalue weighted by atomic mass is 32.1. The summed E-state index contributed by atoms with van der Waals surface area (Å²) >= 11 is 1.23. The normalized spacial score (nSPS) is 20.1. The summed E-state index contributed by atoms with van der Waals surface area (Å²) in [5.74, 6) is -0.120. The first-order valence-electron chi connectivity index (χ1n) is 6.68. The SMILES string of the molecule is CCC1CN(c2sc(C(C)=O)cc2[N+](=O)[O-])CCN1C. The van der Waals surface area contributed by atoms with E-state index in [2.05, 4.69) is 18.9 Å². The second kappa shape index (κ2) is 5.88. The molecule has 0 N–H and O–H groups in total. The number of thiophene rings is 1. The lowest BCUT2D eigenvalue weighted by Gasteiger charge is -2.39. The summed E-state index contributed by atoms with van der Waals surface area (Å²) in [5, 5.41) is 11.8. The lowest BCUT2D eigenvalue weighted by molar-refractivity contribution is -0.383. The third-order valence-corrected chi connectivity index (χ3v) is 5.06. The van der Waals surface area contributed by atoms with Crippen molar-refractivity contribution < 1.29 is 9.72 Å². The maximum absolute atomic E-state index is 11.4. The van der Waals surface area contributed by atoms with Gasteiger partial charge < -0.3 is 4.90 Å². The maximum Gasteiger partial charge on any atom is 0.304 e. The molecule has 1 unspecified atom stereocenters. The maximum atomic E-state index is 11.4. The van der Waals surface area contributed by atoms with Gasteiger partial charge >= 0.3 is 5.69 Å². The zero-order chi connectivity index (χ0) is 14.9. The van der Waals surface area contributed by atoms with E-state index < -0.39 is 4.92 Å². The standard InChI is InChI=1S/C13H19N3O3S/c1-4-10-8-15(6-5-14(10)3)13-11(16(18)19)7-12(20-13)9(2)17/h7,10H,4-6,8H2,1-3H3. The highest BCUT2D eigenvalue weighted by Crippen LogP contribution is 2.38. The molecule has 6 nitrogen and oxygen atoms in total. The quantitative estimate of drug-likeness (QED) is 0.485. The van der Waals surface area contributed by atoms with Crippen LogP contribution in [0.5, 0.6) is 0 Å². The Balaban J connectivity index is 2.31. The number of ketones is 1. The van der Waals surface area contributed by atoms with E-state index >= 15 is 0 Å². The Hall–Kier alpha value is -1.47. The molecule has 0 aromatic carbocycles. The molecule has 0 aliphatic carbocycles. The van der Waals surface area contributed by atoms with Crippen LogP contribution in [0.2, 0.25) is 0 Å². The minimum absolute atomic E-state index is 0.0552. The van der Waals surface area contributed by atoms with Gasteiger partial charge in [0.1, 0.15) is 0 Å². The zero-order valence-electron chi connectivity index (χ0n) is 12.0. The molecule has 0 saturated carbocycles. The zero-order valence-corrected chi connectivity index (χ0v) is 12.8. The van der Waals surface area contributed by atoms with Crippen molar-refractivity contribution in [3.8, 4) is 0 Å². The monoisotopic (exact) mass is 297 g/mol. The lowest BCUT2D eigenvalue weighted by Crippen LogP contribution is -2.51. The third-order valence-electron chi connectivity index (χ3n) is 3.77. The van der Waals surface area contributed by atoms with Gasteiger partial charge in [-0.25, -0.2) is 0 Å². The lowest BCUT2D eigenvalue weighted by atomic mass is 10.1. The second-order valence-corrected chi connectivity index (χ2v) is 6.13. The Labute approximate surface area is 122 Å². The Morgan fingerprint density at radius 3 is 2.80 bits per heavy atom. The summed E-state index contributed by atoms with van der Waals surface area (Å²) in [4.78, 5) is 27.0. The fourth-order valence-corrected chi connectivity index (χ4v) is 3.53. The van der Waals surface area contributed by atoms with Gasteiger partial charge in [0.15, 0.2) is 10.8 Å². The Bertz CT molecular complexity index is 529. The number of likely N-dealkylation sites (N-methyl/N-ethyl adjacent to an activating group) is 1. The van der Waals surface area contributed by atoms with Crippen LogP contribution in [0.1, 0.15) is 29.9 Å². The average Bonchev–Trinajstić information content (AvgIpc) is 2.84. The van der Waals surface area contributed by atoms with Gasteiger partial charge in [0.05, 0.1) is 9.80 Å². The van der Waals surface area contributed by atoms with Crippen LogP contribution in [0.25, 0.3) is 0 Å². The summed E-state index contributed by atoms with van der Waals surface area (Å²) in [5.41, 5.74) is 0.0552. The molecule has 20 heavy (non-hydrogen) atoms. The molecule has 1 atom stereocenters. The molecular formula is C13H19N3O3S. The van der Waals surface area contributed by atoms with Gasteiger partial charge in [-0.05, 0) is 20.4 Å². The fraction of sp³-hybridized carbons (Fsp3) is 0.615. The summed E-state index contributed by atoms with van der Waals surface area (Å²) in [6.45, 7) is 5.97. The van der Waals surface area contributed by atoms with Crippen LogP contribution in [-0.2, 0) is 0 Å². The Morgan fingerprint density at radius 1 is 1.55 bits per heavy atom. The van der Waals surface area contributed by atoms with Crippen molar-refractivity contribution in [2.75, 3.05) is 31.6 Å². The van der Waals surface area contributed by atoms with E-state index in [0.717, 1.165) is 26.1 Å². The van der Waals surface area contributed by atoms with Gasteiger partial charge in [0, 0.05) is 31.7 Å². The molecule has 1 aromatic heterocycles. The van der Waals surface area contributed by atoms with E-state index in [0.29, 0.717) is 15.9 Å². The Kier molecular flexibility index (Phi) is 4.39. The predicted octanol–water partition coefficient (Wildman–Crippen LogP) is 2.39. The molecule has 1 aliphatic rings. The highest BCUT2D eigenvalue weighted by molar-refractivity contribution is 7.18. The van der Waals surface area contributed by atoms with Crippen molar-refractivity contribution >= 4 is 27.8 Å². The minimum atomic E-state index is -0.391. The van der Waals surface area contributed by atoms with Gasteiger partial charge in [-0.3, -0.25) is 19.8 Å².